The molecule has 1 N–H and O–H groups in total. The van der Waals surface area contributed by atoms with E-state index in [4.69, 9.17) is 23.2 Å². The van der Waals surface area contributed by atoms with E-state index in [-0.39, 0.29) is 28.0 Å². The van der Waals surface area contributed by atoms with Crippen molar-refractivity contribution >= 4 is 29.1 Å². The highest BCUT2D eigenvalue weighted by molar-refractivity contribution is 6.41. The molecule has 0 saturated heterocycles. The number of carbonyl (C=O) groups excluding carboxylic acids is 1. The highest BCUT2D eigenvalue weighted by Crippen LogP contribution is 2.25. The van der Waals surface area contributed by atoms with Gasteiger partial charge in [-0.05, 0) is 29.0 Å². The lowest BCUT2D eigenvalue weighted by atomic mass is 9.93. The predicted octanol–water partition coefficient (Wildman–Crippen LogP) is 5.64. The molecule has 128 valence electrons. The van der Waals surface area contributed by atoms with Gasteiger partial charge in [-0.2, -0.15) is 0 Å². The molecule has 5 heteroatoms. The lowest BCUT2D eigenvalue weighted by Gasteiger charge is -2.23. The zero-order valence-corrected chi connectivity index (χ0v) is 15.8. The Labute approximate surface area is 153 Å². The normalized spacial score (nSPS) is 12.5. The van der Waals surface area contributed by atoms with Crippen LogP contribution in [0, 0.1) is 5.92 Å². The smallest absolute Gasteiger partial charge is 0.253 e. The predicted molar refractivity (Wildman–Crippen MR) is 99.8 cm³/mol. The average molecular weight is 365 g/mol. The largest absolute Gasteiger partial charge is 0.345 e. The van der Waals surface area contributed by atoms with E-state index in [1.165, 1.54) is 17.8 Å². The van der Waals surface area contributed by atoms with Crippen molar-refractivity contribution in [1.82, 2.24) is 10.3 Å². The number of halogens is 2. The molecular formula is C19H22Cl2N2O. The summed E-state index contributed by atoms with van der Waals surface area (Å²) >= 11 is 11.7. The number of rotatable bonds is 5. The van der Waals surface area contributed by atoms with Gasteiger partial charge in [-0.3, -0.25) is 4.79 Å². The molecule has 0 unspecified atom stereocenters. The topological polar surface area (TPSA) is 42.0 Å². The van der Waals surface area contributed by atoms with Gasteiger partial charge < -0.3 is 5.32 Å². The first kappa shape index (κ1) is 18.8. The monoisotopic (exact) mass is 364 g/mol. The van der Waals surface area contributed by atoms with Crippen molar-refractivity contribution in [3.05, 3.63) is 63.4 Å². The standard InChI is InChI=1S/C19H22Cl2N2O/c1-11(2)13-5-7-14(8-6-13)17(12(3)4)23-19(24)15-9-16(20)18(21)22-10-15/h5-12,17H,1-4H3,(H,23,24)/t17-/m1/s1. The van der Waals surface area contributed by atoms with Crippen molar-refractivity contribution < 1.29 is 4.79 Å². The Morgan fingerprint density at radius 2 is 1.62 bits per heavy atom. The Balaban J connectivity index is 2.21. The van der Waals surface area contributed by atoms with Gasteiger partial charge in [0.1, 0.15) is 5.15 Å². The third-order valence-electron chi connectivity index (χ3n) is 3.97. The van der Waals surface area contributed by atoms with E-state index in [2.05, 4.69) is 62.3 Å². The summed E-state index contributed by atoms with van der Waals surface area (Å²) in [6, 6.07) is 9.82. The minimum absolute atomic E-state index is 0.0897. The Kier molecular flexibility index (Phi) is 6.25. The molecule has 1 amide bonds. The number of amides is 1. The van der Waals surface area contributed by atoms with Crippen molar-refractivity contribution in [2.45, 2.75) is 39.7 Å². The Bertz CT molecular complexity index is 712. The second-order valence-corrected chi connectivity index (χ2v) is 7.28. The van der Waals surface area contributed by atoms with Crippen LogP contribution in [-0.2, 0) is 0 Å². The average Bonchev–Trinajstić information content (AvgIpc) is 2.54. The summed E-state index contributed by atoms with van der Waals surface area (Å²) in [5, 5.41) is 3.53. The number of benzene rings is 1. The second-order valence-electron chi connectivity index (χ2n) is 6.51. The van der Waals surface area contributed by atoms with Gasteiger partial charge in [0.15, 0.2) is 0 Å². The molecule has 0 radical (unpaired) electrons. The first-order valence-corrected chi connectivity index (χ1v) is 8.77. The fourth-order valence-corrected chi connectivity index (χ4v) is 2.76. The van der Waals surface area contributed by atoms with Gasteiger partial charge in [-0.1, -0.05) is 75.2 Å². The highest BCUT2D eigenvalue weighted by Gasteiger charge is 2.20. The van der Waals surface area contributed by atoms with Gasteiger partial charge in [-0.15, -0.1) is 0 Å². The van der Waals surface area contributed by atoms with E-state index in [0.29, 0.717) is 11.5 Å². The molecular weight excluding hydrogens is 343 g/mol. The number of nitrogens with zero attached hydrogens (tertiary/aromatic N) is 1. The zero-order chi connectivity index (χ0) is 17.9. The molecule has 2 rings (SSSR count). The Hall–Kier alpha value is -1.58. The van der Waals surface area contributed by atoms with Crippen LogP contribution >= 0.6 is 23.2 Å². The molecule has 0 bridgehead atoms. The molecule has 24 heavy (non-hydrogen) atoms. The van der Waals surface area contributed by atoms with Crippen LogP contribution in [-0.4, -0.2) is 10.9 Å². The van der Waals surface area contributed by atoms with Crippen molar-refractivity contribution in [1.29, 1.82) is 0 Å². The molecule has 0 fully saturated rings. The highest BCUT2D eigenvalue weighted by atomic mass is 35.5. The molecule has 0 spiro atoms. The van der Waals surface area contributed by atoms with Crippen LogP contribution in [0.15, 0.2) is 36.5 Å². The third-order valence-corrected chi connectivity index (χ3v) is 4.66. The van der Waals surface area contributed by atoms with Crippen molar-refractivity contribution in [2.24, 2.45) is 5.92 Å². The van der Waals surface area contributed by atoms with Gasteiger partial charge in [0.05, 0.1) is 16.6 Å². The maximum Gasteiger partial charge on any atom is 0.253 e. The molecule has 1 aromatic carbocycles. The van der Waals surface area contributed by atoms with E-state index in [0.717, 1.165) is 5.56 Å². The summed E-state index contributed by atoms with van der Waals surface area (Å²) in [7, 11) is 0. The van der Waals surface area contributed by atoms with E-state index in [1.54, 1.807) is 0 Å². The van der Waals surface area contributed by atoms with Gasteiger partial charge in [0, 0.05) is 6.20 Å². The van der Waals surface area contributed by atoms with Crippen LogP contribution in [0.3, 0.4) is 0 Å². The number of aromatic nitrogens is 1. The minimum atomic E-state index is -0.215. The summed E-state index contributed by atoms with van der Waals surface area (Å²) < 4.78 is 0. The van der Waals surface area contributed by atoms with Crippen LogP contribution in [0.2, 0.25) is 10.2 Å². The fraction of sp³-hybridized carbons (Fsp3) is 0.368. The molecule has 0 aliphatic heterocycles. The summed E-state index contributed by atoms with van der Waals surface area (Å²) in [4.78, 5) is 16.4. The molecule has 0 saturated carbocycles. The van der Waals surface area contributed by atoms with Crippen molar-refractivity contribution in [2.75, 3.05) is 0 Å². The molecule has 0 aliphatic carbocycles. The summed E-state index contributed by atoms with van der Waals surface area (Å²) in [5.41, 5.74) is 2.76. The van der Waals surface area contributed by atoms with E-state index < -0.39 is 0 Å². The maximum absolute atomic E-state index is 12.5. The molecule has 1 atom stereocenters. The second kappa shape index (κ2) is 8.00. The van der Waals surface area contributed by atoms with Gasteiger partial charge >= 0.3 is 0 Å². The van der Waals surface area contributed by atoms with Gasteiger partial charge in [0.2, 0.25) is 0 Å². The summed E-state index contributed by atoms with van der Waals surface area (Å²) in [5.74, 6) is 0.510. The van der Waals surface area contributed by atoms with Crippen LogP contribution in [0.1, 0.15) is 61.1 Å². The van der Waals surface area contributed by atoms with Gasteiger partial charge in [0.25, 0.3) is 5.91 Å². The first-order chi connectivity index (χ1) is 11.3. The van der Waals surface area contributed by atoms with Crippen LogP contribution in [0.25, 0.3) is 0 Å². The van der Waals surface area contributed by atoms with Crippen LogP contribution in [0.5, 0.6) is 0 Å². The van der Waals surface area contributed by atoms with Gasteiger partial charge in [-0.25, -0.2) is 4.98 Å². The minimum Gasteiger partial charge on any atom is -0.345 e. The number of hydrogen-bond acceptors (Lipinski definition) is 2. The van der Waals surface area contributed by atoms with Crippen LogP contribution in [0.4, 0.5) is 0 Å². The SMILES string of the molecule is CC(C)c1ccc([C@H](NC(=O)c2cnc(Cl)c(Cl)c2)C(C)C)cc1. The number of pyridine rings is 1. The van der Waals surface area contributed by atoms with E-state index >= 15 is 0 Å². The number of carbonyl (C=O) groups is 1. The number of hydrogen-bond donors (Lipinski definition) is 1. The Morgan fingerprint density at radius 3 is 2.12 bits per heavy atom. The quantitative estimate of drug-likeness (QED) is 0.697. The molecule has 0 aliphatic rings. The summed E-state index contributed by atoms with van der Waals surface area (Å²) in [6.07, 6.45) is 1.43. The lowest BCUT2D eigenvalue weighted by molar-refractivity contribution is 0.0925. The first-order valence-electron chi connectivity index (χ1n) is 8.01. The van der Waals surface area contributed by atoms with E-state index in [1.807, 2.05) is 0 Å². The third kappa shape index (κ3) is 4.49. The van der Waals surface area contributed by atoms with Crippen LogP contribution < -0.4 is 5.32 Å². The molecule has 2 aromatic rings. The Morgan fingerprint density at radius 1 is 1.04 bits per heavy atom. The molecule has 1 heterocycles. The summed E-state index contributed by atoms with van der Waals surface area (Å²) in [6.45, 7) is 8.48. The fourth-order valence-electron chi connectivity index (χ4n) is 2.49. The molecule has 3 nitrogen and oxygen atoms in total. The zero-order valence-electron chi connectivity index (χ0n) is 14.3. The molecule has 1 aromatic heterocycles. The lowest BCUT2D eigenvalue weighted by Crippen LogP contribution is -2.31. The maximum atomic E-state index is 12.5. The van der Waals surface area contributed by atoms with Crippen molar-refractivity contribution in [3.63, 3.8) is 0 Å². The van der Waals surface area contributed by atoms with E-state index in [9.17, 15) is 4.79 Å². The number of nitrogens with one attached hydrogen (secondary N) is 1. The van der Waals surface area contributed by atoms with Crippen molar-refractivity contribution in [3.8, 4) is 0 Å².